The number of aryl methyl sites for hydroxylation is 3. The normalized spacial score (nSPS) is 15.4. The third-order valence-corrected chi connectivity index (χ3v) is 6.89. The number of hydrogen-bond donors (Lipinski definition) is 0. The minimum Gasteiger partial charge on any atom is -0.497 e. The van der Waals surface area contributed by atoms with Crippen molar-refractivity contribution < 1.29 is 9.53 Å². The number of carbonyl (C=O) groups excluding carboxylic acids is 1. The molecule has 0 bridgehead atoms. The zero-order chi connectivity index (χ0) is 21.3. The highest BCUT2D eigenvalue weighted by Gasteiger charge is 2.25. The summed E-state index contributed by atoms with van der Waals surface area (Å²) < 4.78 is 5.24. The van der Waals surface area contributed by atoms with Crippen molar-refractivity contribution in [2.24, 2.45) is 0 Å². The Labute approximate surface area is 181 Å². The fourth-order valence-electron chi connectivity index (χ4n) is 4.14. The van der Waals surface area contributed by atoms with E-state index in [1.165, 1.54) is 16.9 Å². The Bertz CT molecular complexity index is 1060. The second-order valence-electron chi connectivity index (χ2n) is 7.86. The molecular weight excluding hydrogens is 396 g/mol. The summed E-state index contributed by atoms with van der Waals surface area (Å²) in [6.45, 7) is 10.2. The van der Waals surface area contributed by atoms with E-state index in [1.54, 1.807) is 7.11 Å². The van der Waals surface area contributed by atoms with Gasteiger partial charge in [-0.05, 0) is 50.5 Å². The average Bonchev–Trinajstić information content (AvgIpc) is 2.90. The van der Waals surface area contributed by atoms with Gasteiger partial charge < -0.3 is 9.64 Å². The predicted octanol–water partition coefficient (Wildman–Crippen LogP) is 3.97. The summed E-state index contributed by atoms with van der Waals surface area (Å²) in [6.07, 6.45) is 0.976. The molecule has 0 spiro atoms. The number of amides is 1. The maximum absolute atomic E-state index is 13.3. The van der Waals surface area contributed by atoms with Crippen LogP contribution in [-0.2, 0) is 6.54 Å². The van der Waals surface area contributed by atoms with Crippen molar-refractivity contribution in [3.05, 3.63) is 51.8 Å². The third kappa shape index (κ3) is 4.18. The lowest BCUT2D eigenvalue weighted by Crippen LogP contribution is -2.35. The molecule has 0 unspecified atom stereocenters. The number of hydrogen-bond acceptors (Lipinski definition) is 6. The summed E-state index contributed by atoms with van der Waals surface area (Å²) in [6, 6.07) is 8.22. The van der Waals surface area contributed by atoms with Crippen LogP contribution in [0.5, 0.6) is 5.75 Å². The molecular formula is C23H28N4O2S. The summed E-state index contributed by atoms with van der Waals surface area (Å²) in [5.74, 6) is 1.75. The number of aromatic nitrogens is 2. The minimum atomic E-state index is 0.124. The van der Waals surface area contributed by atoms with Gasteiger partial charge in [-0.3, -0.25) is 9.69 Å². The SMILES string of the molecule is COc1ccc(CN2CCCN(C(=O)c3sc4nc(C)nc(C)c4c3C)CC2)cc1. The Hall–Kier alpha value is -2.51. The molecule has 1 fully saturated rings. The van der Waals surface area contributed by atoms with Crippen molar-refractivity contribution in [3.63, 3.8) is 0 Å². The molecule has 0 N–H and O–H groups in total. The van der Waals surface area contributed by atoms with Gasteiger partial charge in [0.2, 0.25) is 0 Å². The summed E-state index contributed by atoms with van der Waals surface area (Å²) in [4.78, 5) is 28.5. The van der Waals surface area contributed by atoms with E-state index in [9.17, 15) is 4.79 Å². The molecule has 1 saturated heterocycles. The van der Waals surface area contributed by atoms with Crippen LogP contribution in [-0.4, -0.2) is 59.0 Å². The molecule has 7 heteroatoms. The Morgan fingerprint density at radius 3 is 2.57 bits per heavy atom. The van der Waals surface area contributed by atoms with Gasteiger partial charge in [0.15, 0.2) is 0 Å². The van der Waals surface area contributed by atoms with Crippen LogP contribution < -0.4 is 4.74 Å². The van der Waals surface area contributed by atoms with E-state index in [1.807, 2.05) is 37.8 Å². The lowest BCUT2D eigenvalue weighted by atomic mass is 10.1. The molecule has 0 radical (unpaired) electrons. The molecule has 30 heavy (non-hydrogen) atoms. The topological polar surface area (TPSA) is 58.6 Å². The number of benzene rings is 1. The van der Waals surface area contributed by atoms with E-state index in [0.29, 0.717) is 0 Å². The van der Waals surface area contributed by atoms with Crippen molar-refractivity contribution in [2.45, 2.75) is 33.7 Å². The zero-order valence-electron chi connectivity index (χ0n) is 18.1. The molecule has 3 aromatic rings. The lowest BCUT2D eigenvalue weighted by Gasteiger charge is -2.22. The van der Waals surface area contributed by atoms with Crippen molar-refractivity contribution in [1.82, 2.24) is 19.8 Å². The van der Waals surface area contributed by atoms with E-state index < -0.39 is 0 Å². The molecule has 0 aliphatic carbocycles. The van der Waals surface area contributed by atoms with Gasteiger partial charge >= 0.3 is 0 Å². The van der Waals surface area contributed by atoms with Crippen LogP contribution in [0.4, 0.5) is 0 Å². The Balaban J connectivity index is 1.46. The van der Waals surface area contributed by atoms with E-state index >= 15 is 0 Å². The third-order valence-electron chi connectivity index (χ3n) is 5.72. The second kappa shape index (κ2) is 8.70. The van der Waals surface area contributed by atoms with E-state index in [2.05, 4.69) is 27.0 Å². The minimum absolute atomic E-state index is 0.124. The Morgan fingerprint density at radius 1 is 1.07 bits per heavy atom. The average molecular weight is 425 g/mol. The highest BCUT2D eigenvalue weighted by atomic mass is 32.1. The Kier molecular flexibility index (Phi) is 6.01. The number of methoxy groups -OCH3 is 1. The monoisotopic (exact) mass is 424 g/mol. The molecule has 1 aromatic carbocycles. The molecule has 3 heterocycles. The molecule has 6 nitrogen and oxygen atoms in total. The number of rotatable bonds is 4. The molecule has 1 aliphatic rings. The fraction of sp³-hybridized carbons (Fsp3) is 0.435. The summed E-state index contributed by atoms with van der Waals surface area (Å²) in [5, 5.41) is 1.03. The number of nitrogens with zero attached hydrogens (tertiary/aromatic N) is 4. The van der Waals surface area contributed by atoms with Crippen LogP contribution in [0, 0.1) is 20.8 Å². The molecule has 158 valence electrons. The first-order valence-corrected chi connectivity index (χ1v) is 11.2. The van der Waals surface area contributed by atoms with Crippen LogP contribution in [0.2, 0.25) is 0 Å². The molecule has 1 aliphatic heterocycles. The number of thiophene rings is 1. The van der Waals surface area contributed by atoms with Crippen LogP contribution >= 0.6 is 11.3 Å². The first kappa shape index (κ1) is 20.8. The van der Waals surface area contributed by atoms with Crippen LogP contribution in [0.1, 0.15) is 38.7 Å². The van der Waals surface area contributed by atoms with Gasteiger partial charge in [-0.2, -0.15) is 0 Å². The van der Waals surface area contributed by atoms with Crippen molar-refractivity contribution >= 4 is 27.5 Å². The maximum atomic E-state index is 13.3. The summed E-state index contributed by atoms with van der Waals surface area (Å²) in [7, 11) is 1.68. The van der Waals surface area contributed by atoms with Crippen molar-refractivity contribution in [1.29, 1.82) is 0 Å². The van der Waals surface area contributed by atoms with E-state index in [-0.39, 0.29) is 5.91 Å². The van der Waals surface area contributed by atoms with Crippen LogP contribution in [0.15, 0.2) is 24.3 Å². The maximum Gasteiger partial charge on any atom is 0.264 e. The number of ether oxygens (including phenoxy) is 1. The fourth-order valence-corrected chi connectivity index (χ4v) is 5.39. The quantitative estimate of drug-likeness (QED) is 0.634. The van der Waals surface area contributed by atoms with Crippen molar-refractivity contribution in [3.8, 4) is 5.75 Å². The first-order valence-electron chi connectivity index (χ1n) is 10.3. The summed E-state index contributed by atoms with van der Waals surface area (Å²) >= 11 is 1.50. The smallest absolute Gasteiger partial charge is 0.264 e. The Morgan fingerprint density at radius 2 is 1.83 bits per heavy atom. The van der Waals surface area contributed by atoms with Crippen LogP contribution in [0.3, 0.4) is 0 Å². The highest BCUT2D eigenvalue weighted by molar-refractivity contribution is 7.20. The largest absolute Gasteiger partial charge is 0.497 e. The van der Waals surface area contributed by atoms with Gasteiger partial charge in [-0.15, -0.1) is 11.3 Å². The van der Waals surface area contributed by atoms with Gasteiger partial charge in [0, 0.05) is 43.8 Å². The zero-order valence-corrected chi connectivity index (χ0v) is 18.9. The van der Waals surface area contributed by atoms with E-state index in [4.69, 9.17) is 4.74 Å². The molecule has 2 aromatic heterocycles. The molecule has 1 amide bonds. The summed E-state index contributed by atoms with van der Waals surface area (Å²) in [5.41, 5.74) is 3.23. The molecule has 0 saturated carbocycles. The van der Waals surface area contributed by atoms with Crippen molar-refractivity contribution in [2.75, 3.05) is 33.3 Å². The lowest BCUT2D eigenvalue weighted by molar-refractivity contribution is 0.0765. The number of fused-ring (bicyclic) bond motifs is 1. The number of carbonyl (C=O) groups is 1. The predicted molar refractivity (Wildman–Crippen MR) is 120 cm³/mol. The van der Waals surface area contributed by atoms with Gasteiger partial charge in [-0.25, -0.2) is 9.97 Å². The van der Waals surface area contributed by atoms with E-state index in [0.717, 1.165) is 77.1 Å². The van der Waals surface area contributed by atoms with Gasteiger partial charge in [0.25, 0.3) is 5.91 Å². The van der Waals surface area contributed by atoms with Crippen LogP contribution in [0.25, 0.3) is 10.2 Å². The highest BCUT2D eigenvalue weighted by Crippen LogP contribution is 2.32. The van der Waals surface area contributed by atoms with Gasteiger partial charge in [-0.1, -0.05) is 12.1 Å². The molecule has 0 atom stereocenters. The standard InChI is InChI=1S/C23H28N4O2S/c1-15-20-16(2)24-17(3)25-22(20)30-21(15)23(28)27-11-5-10-26(12-13-27)14-18-6-8-19(29-4)9-7-18/h6-9H,5,10-14H2,1-4H3. The van der Waals surface area contributed by atoms with Gasteiger partial charge in [0.1, 0.15) is 16.4 Å². The first-order chi connectivity index (χ1) is 14.5. The molecule has 4 rings (SSSR count). The van der Waals surface area contributed by atoms with Gasteiger partial charge in [0.05, 0.1) is 12.0 Å². The second-order valence-corrected chi connectivity index (χ2v) is 8.86.